The monoisotopic (exact) mass is 426 g/mol. The molecule has 1 aliphatic heterocycles. The number of hydrogen-bond donors (Lipinski definition) is 1. The summed E-state index contributed by atoms with van der Waals surface area (Å²) in [7, 11) is 0. The molecule has 1 saturated carbocycles. The average molecular weight is 427 g/mol. The van der Waals surface area contributed by atoms with Gasteiger partial charge in [-0.3, -0.25) is 14.5 Å². The number of hydrogen-bond acceptors (Lipinski definition) is 3. The SMILES string of the molecule is CCC(C)NC(=O)C1COC2(CCC(C)CC2)N1C(=O)c1ccc(Cl)c(Cl)c1. The molecule has 0 radical (unpaired) electrons. The molecule has 1 spiro atoms. The maximum absolute atomic E-state index is 13.5. The Labute approximate surface area is 176 Å². The minimum absolute atomic E-state index is 0.0392. The predicted octanol–water partition coefficient (Wildman–Crippen LogP) is 4.66. The summed E-state index contributed by atoms with van der Waals surface area (Å²) in [6.45, 7) is 6.39. The Balaban J connectivity index is 1.93. The van der Waals surface area contributed by atoms with Crippen molar-refractivity contribution < 1.29 is 14.3 Å². The Morgan fingerprint density at radius 3 is 2.57 bits per heavy atom. The van der Waals surface area contributed by atoms with E-state index in [1.165, 1.54) is 0 Å². The standard InChI is InChI=1S/C21H28Cl2N2O3/c1-4-14(3)24-19(26)18-12-28-21(9-7-13(2)8-10-21)25(18)20(27)15-5-6-16(22)17(23)11-15/h5-6,11,13-14,18H,4,7-10,12H2,1-3H3,(H,24,26). The van der Waals surface area contributed by atoms with E-state index in [0.29, 0.717) is 21.5 Å². The van der Waals surface area contributed by atoms with Gasteiger partial charge in [-0.1, -0.05) is 37.0 Å². The fourth-order valence-corrected chi connectivity index (χ4v) is 4.29. The molecule has 1 aliphatic carbocycles. The first-order chi connectivity index (χ1) is 13.3. The molecule has 1 N–H and O–H groups in total. The molecule has 1 saturated heterocycles. The lowest BCUT2D eigenvalue weighted by Crippen LogP contribution is -2.57. The second-order valence-corrected chi connectivity index (χ2v) is 8.89. The molecule has 28 heavy (non-hydrogen) atoms. The Hall–Kier alpha value is -1.30. The van der Waals surface area contributed by atoms with Crippen molar-refractivity contribution in [2.24, 2.45) is 5.92 Å². The van der Waals surface area contributed by atoms with Gasteiger partial charge in [0.05, 0.1) is 16.7 Å². The molecule has 1 aromatic carbocycles. The van der Waals surface area contributed by atoms with Crippen LogP contribution in [0, 0.1) is 5.92 Å². The van der Waals surface area contributed by atoms with E-state index in [1.54, 1.807) is 23.1 Å². The molecule has 0 bridgehead atoms. The number of nitrogens with zero attached hydrogens (tertiary/aromatic N) is 1. The highest BCUT2D eigenvalue weighted by atomic mass is 35.5. The molecule has 2 atom stereocenters. The molecule has 0 aromatic heterocycles. The summed E-state index contributed by atoms with van der Waals surface area (Å²) in [5.74, 6) is 0.178. The van der Waals surface area contributed by atoms with Crippen molar-refractivity contribution >= 4 is 35.0 Å². The minimum Gasteiger partial charge on any atom is -0.353 e. The van der Waals surface area contributed by atoms with Crippen molar-refractivity contribution in [1.29, 1.82) is 0 Å². The Morgan fingerprint density at radius 1 is 1.29 bits per heavy atom. The van der Waals surface area contributed by atoms with Gasteiger partial charge in [-0.25, -0.2) is 0 Å². The fraction of sp³-hybridized carbons (Fsp3) is 0.619. The third-order valence-corrected chi connectivity index (χ3v) is 6.74. The zero-order valence-electron chi connectivity index (χ0n) is 16.6. The van der Waals surface area contributed by atoms with Crippen LogP contribution in [0.1, 0.15) is 63.2 Å². The van der Waals surface area contributed by atoms with Crippen molar-refractivity contribution in [3.05, 3.63) is 33.8 Å². The van der Waals surface area contributed by atoms with Crippen LogP contribution in [0.15, 0.2) is 18.2 Å². The Bertz CT molecular complexity index is 747. The second kappa shape index (κ2) is 8.60. The third kappa shape index (κ3) is 4.17. The van der Waals surface area contributed by atoms with E-state index in [9.17, 15) is 9.59 Å². The smallest absolute Gasteiger partial charge is 0.256 e. The summed E-state index contributed by atoms with van der Waals surface area (Å²) < 4.78 is 6.17. The van der Waals surface area contributed by atoms with E-state index in [4.69, 9.17) is 27.9 Å². The summed E-state index contributed by atoms with van der Waals surface area (Å²) in [4.78, 5) is 28.1. The van der Waals surface area contributed by atoms with Crippen LogP contribution in [-0.2, 0) is 9.53 Å². The zero-order chi connectivity index (χ0) is 20.5. The highest BCUT2D eigenvalue weighted by Gasteiger charge is 2.53. The highest BCUT2D eigenvalue weighted by molar-refractivity contribution is 6.42. The molecular formula is C21H28Cl2N2O3. The van der Waals surface area contributed by atoms with Crippen molar-refractivity contribution in [2.75, 3.05) is 6.61 Å². The summed E-state index contributed by atoms with van der Waals surface area (Å²) in [6.07, 6.45) is 4.21. The first-order valence-corrected chi connectivity index (χ1v) is 10.8. The van der Waals surface area contributed by atoms with E-state index in [-0.39, 0.29) is 24.5 Å². The van der Waals surface area contributed by atoms with Crippen molar-refractivity contribution in [3.63, 3.8) is 0 Å². The van der Waals surface area contributed by atoms with Gasteiger partial charge in [0.2, 0.25) is 5.91 Å². The van der Waals surface area contributed by atoms with Crippen LogP contribution in [0.4, 0.5) is 0 Å². The van der Waals surface area contributed by atoms with Crippen LogP contribution in [-0.4, -0.2) is 41.1 Å². The number of carbonyl (C=O) groups is 2. The molecular weight excluding hydrogens is 399 g/mol. The van der Waals surface area contributed by atoms with Gasteiger partial charge in [0, 0.05) is 11.6 Å². The Morgan fingerprint density at radius 2 is 1.96 bits per heavy atom. The van der Waals surface area contributed by atoms with Gasteiger partial charge < -0.3 is 10.1 Å². The summed E-state index contributed by atoms with van der Waals surface area (Å²) in [6, 6.07) is 4.21. The van der Waals surface area contributed by atoms with Crippen LogP contribution >= 0.6 is 23.2 Å². The molecule has 1 heterocycles. The first-order valence-electron chi connectivity index (χ1n) is 10.0. The molecule has 3 rings (SSSR count). The molecule has 2 amide bonds. The lowest BCUT2D eigenvalue weighted by Gasteiger charge is -2.43. The number of ether oxygens (including phenoxy) is 1. The van der Waals surface area contributed by atoms with E-state index < -0.39 is 11.8 Å². The van der Waals surface area contributed by atoms with Crippen molar-refractivity contribution in [2.45, 2.75) is 70.7 Å². The van der Waals surface area contributed by atoms with Gasteiger partial charge in [-0.15, -0.1) is 0 Å². The molecule has 2 aliphatic rings. The minimum atomic E-state index is -0.729. The van der Waals surface area contributed by atoms with Gasteiger partial charge in [0.25, 0.3) is 5.91 Å². The molecule has 5 nitrogen and oxygen atoms in total. The van der Waals surface area contributed by atoms with Gasteiger partial charge in [0.15, 0.2) is 0 Å². The quantitative estimate of drug-likeness (QED) is 0.761. The number of carbonyl (C=O) groups excluding carboxylic acids is 2. The Kier molecular flexibility index (Phi) is 6.58. The van der Waals surface area contributed by atoms with Crippen molar-refractivity contribution in [3.8, 4) is 0 Å². The van der Waals surface area contributed by atoms with Crippen molar-refractivity contribution in [1.82, 2.24) is 10.2 Å². The van der Waals surface area contributed by atoms with E-state index in [1.807, 2.05) is 13.8 Å². The van der Waals surface area contributed by atoms with Gasteiger partial charge >= 0.3 is 0 Å². The topological polar surface area (TPSA) is 58.6 Å². The van der Waals surface area contributed by atoms with Crippen LogP contribution in [0.2, 0.25) is 10.0 Å². The molecule has 2 unspecified atom stereocenters. The van der Waals surface area contributed by atoms with Crippen LogP contribution < -0.4 is 5.32 Å². The summed E-state index contributed by atoms with van der Waals surface area (Å²) in [5, 5.41) is 3.71. The predicted molar refractivity (Wildman–Crippen MR) is 111 cm³/mol. The van der Waals surface area contributed by atoms with Gasteiger partial charge in [-0.2, -0.15) is 0 Å². The number of halogens is 2. The zero-order valence-corrected chi connectivity index (χ0v) is 18.1. The van der Waals surface area contributed by atoms with Crippen LogP contribution in [0.5, 0.6) is 0 Å². The van der Waals surface area contributed by atoms with Crippen LogP contribution in [0.3, 0.4) is 0 Å². The third-order valence-electron chi connectivity index (χ3n) is 6.01. The fourth-order valence-electron chi connectivity index (χ4n) is 3.99. The largest absolute Gasteiger partial charge is 0.353 e. The van der Waals surface area contributed by atoms with Gasteiger partial charge in [0.1, 0.15) is 11.8 Å². The second-order valence-electron chi connectivity index (χ2n) is 8.08. The lowest BCUT2D eigenvalue weighted by molar-refractivity contribution is -0.128. The van der Waals surface area contributed by atoms with E-state index >= 15 is 0 Å². The number of benzene rings is 1. The molecule has 7 heteroatoms. The van der Waals surface area contributed by atoms with E-state index in [2.05, 4.69) is 12.2 Å². The maximum atomic E-state index is 13.5. The molecule has 2 fully saturated rings. The first kappa shape index (κ1) is 21.4. The normalized spacial score (nSPS) is 28.4. The van der Waals surface area contributed by atoms with Crippen LogP contribution in [0.25, 0.3) is 0 Å². The lowest BCUT2D eigenvalue weighted by atomic mass is 9.83. The number of amides is 2. The summed E-state index contributed by atoms with van der Waals surface area (Å²) in [5.41, 5.74) is -0.313. The maximum Gasteiger partial charge on any atom is 0.256 e. The average Bonchev–Trinajstić information content (AvgIpc) is 3.04. The highest BCUT2D eigenvalue weighted by Crippen LogP contribution is 2.43. The molecule has 154 valence electrons. The summed E-state index contributed by atoms with van der Waals surface area (Å²) >= 11 is 12.1. The number of rotatable bonds is 4. The van der Waals surface area contributed by atoms with Gasteiger partial charge in [-0.05, 0) is 63.1 Å². The molecule has 1 aromatic rings. The number of nitrogens with one attached hydrogen (secondary N) is 1. The van der Waals surface area contributed by atoms with E-state index in [0.717, 1.165) is 32.1 Å².